The number of rotatable bonds is 4. The van der Waals surface area contributed by atoms with Crippen molar-refractivity contribution in [3.05, 3.63) is 29.6 Å². The Labute approximate surface area is 89.3 Å². The van der Waals surface area contributed by atoms with Crippen molar-refractivity contribution < 1.29 is 9.90 Å². The van der Waals surface area contributed by atoms with E-state index < -0.39 is 11.5 Å². The lowest BCUT2D eigenvalue weighted by molar-refractivity contribution is -0.143. The molecular weight excluding hydrogens is 192 g/mol. The fraction of sp³-hybridized carbons (Fsp3) is 0.455. The Balaban J connectivity index is 2.57. The van der Waals surface area contributed by atoms with Crippen molar-refractivity contribution in [1.29, 1.82) is 0 Å². The van der Waals surface area contributed by atoms with Crippen LogP contribution in [0, 0.1) is 6.92 Å². The average molecular weight is 208 g/mol. The summed E-state index contributed by atoms with van der Waals surface area (Å²) in [6, 6.07) is 3.85. The van der Waals surface area contributed by atoms with Gasteiger partial charge in [-0.2, -0.15) is 0 Å². The van der Waals surface area contributed by atoms with E-state index in [1.165, 1.54) is 0 Å². The van der Waals surface area contributed by atoms with Crippen LogP contribution in [-0.2, 0) is 11.3 Å². The molecule has 0 bridgehead atoms. The number of nitrogens with zero attached hydrogens (tertiary/aromatic N) is 1. The Bertz CT molecular complexity index is 344. The molecular formula is C11H16N2O2. The molecule has 82 valence electrons. The summed E-state index contributed by atoms with van der Waals surface area (Å²) in [6.45, 7) is 5.69. The Hall–Kier alpha value is -1.42. The summed E-state index contributed by atoms with van der Waals surface area (Å²) < 4.78 is 0. The molecule has 0 aromatic carbocycles. The molecule has 4 heteroatoms. The van der Waals surface area contributed by atoms with E-state index in [-0.39, 0.29) is 0 Å². The highest BCUT2D eigenvalue weighted by molar-refractivity contribution is 5.77. The Morgan fingerprint density at radius 3 is 2.67 bits per heavy atom. The number of aliphatic carboxylic acids is 1. The lowest BCUT2D eigenvalue weighted by Gasteiger charge is -2.20. The summed E-state index contributed by atoms with van der Waals surface area (Å²) in [4.78, 5) is 15.0. The van der Waals surface area contributed by atoms with Crippen molar-refractivity contribution in [3.63, 3.8) is 0 Å². The van der Waals surface area contributed by atoms with Gasteiger partial charge in [-0.3, -0.25) is 15.1 Å². The van der Waals surface area contributed by atoms with E-state index in [9.17, 15) is 4.79 Å². The topological polar surface area (TPSA) is 62.2 Å². The molecule has 15 heavy (non-hydrogen) atoms. The highest BCUT2D eigenvalue weighted by atomic mass is 16.4. The standard InChI is InChI=1S/C11H16N2O2/c1-8-4-5-9(6-12-8)7-13-11(2,3)10(14)15/h4-6,13H,7H2,1-3H3,(H,14,15). The average Bonchev–Trinajstić information content (AvgIpc) is 2.17. The molecule has 1 aromatic heterocycles. The maximum atomic E-state index is 10.8. The number of carboxylic acid groups (broad SMARTS) is 1. The Morgan fingerprint density at radius 2 is 2.20 bits per heavy atom. The van der Waals surface area contributed by atoms with Gasteiger partial charge in [0, 0.05) is 18.4 Å². The molecule has 0 aliphatic rings. The number of nitrogens with one attached hydrogen (secondary N) is 1. The maximum Gasteiger partial charge on any atom is 0.323 e. The lowest BCUT2D eigenvalue weighted by Crippen LogP contribution is -2.46. The molecule has 0 saturated carbocycles. The van der Waals surface area contributed by atoms with Crippen LogP contribution >= 0.6 is 0 Å². The molecule has 1 aromatic rings. The van der Waals surface area contributed by atoms with Crippen LogP contribution < -0.4 is 5.32 Å². The largest absolute Gasteiger partial charge is 0.480 e. The Morgan fingerprint density at radius 1 is 1.53 bits per heavy atom. The number of hydrogen-bond donors (Lipinski definition) is 2. The smallest absolute Gasteiger partial charge is 0.323 e. The quantitative estimate of drug-likeness (QED) is 0.784. The van der Waals surface area contributed by atoms with Crippen LogP contribution in [0.15, 0.2) is 18.3 Å². The van der Waals surface area contributed by atoms with Crippen molar-refractivity contribution in [1.82, 2.24) is 10.3 Å². The van der Waals surface area contributed by atoms with E-state index in [1.54, 1.807) is 20.0 Å². The van der Waals surface area contributed by atoms with Gasteiger partial charge in [-0.25, -0.2) is 0 Å². The van der Waals surface area contributed by atoms with Crippen molar-refractivity contribution in [3.8, 4) is 0 Å². The molecule has 0 atom stereocenters. The first kappa shape index (κ1) is 11.7. The lowest BCUT2D eigenvalue weighted by atomic mass is 10.1. The van der Waals surface area contributed by atoms with Crippen LogP contribution in [0.3, 0.4) is 0 Å². The molecule has 0 saturated heterocycles. The molecule has 2 N–H and O–H groups in total. The number of pyridine rings is 1. The number of carboxylic acids is 1. The van der Waals surface area contributed by atoms with Crippen molar-refractivity contribution >= 4 is 5.97 Å². The van der Waals surface area contributed by atoms with E-state index in [2.05, 4.69) is 10.3 Å². The van der Waals surface area contributed by atoms with Gasteiger partial charge in [0.05, 0.1) is 0 Å². The predicted molar refractivity (Wildman–Crippen MR) is 57.5 cm³/mol. The van der Waals surface area contributed by atoms with Crippen LogP contribution in [0.25, 0.3) is 0 Å². The summed E-state index contributed by atoms with van der Waals surface area (Å²) in [5.41, 5.74) is 1.02. The van der Waals surface area contributed by atoms with Crippen molar-refractivity contribution in [2.24, 2.45) is 0 Å². The van der Waals surface area contributed by atoms with Gasteiger partial charge < -0.3 is 5.11 Å². The molecule has 0 aliphatic carbocycles. The number of aromatic nitrogens is 1. The monoisotopic (exact) mass is 208 g/mol. The van der Waals surface area contributed by atoms with Crippen LogP contribution in [0.4, 0.5) is 0 Å². The van der Waals surface area contributed by atoms with E-state index in [1.807, 2.05) is 19.1 Å². The van der Waals surface area contributed by atoms with Gasteiger partial charge in [0.25, 0.3) is 0 Å². The Kier molecular flexibility index (Phi) is 3.42. The molecule has 0 fully saturated rings. The number of hydrogen-bond acceptors (Lipinski definition) is 3. The molecule has 0 amide bonds. The summed E-state index contributed by atoms with van der Waals surface area (Å²) in [5.74, 6) is -0.859. The van der Waals surface area contributed by atoms with Crippen LogP contribution in [0.1, 0.15) is 25.1 Å². The fourth-order valence-corrected chi connectivity index (χ4v) is 1.00. The van der Waals surface area contributed by atoms with Gasteiger partial charge in [0.2, 0.25) is 0 Å². The van der Waals surface area contributed by atoms with Gasteiger partial charge in [-0.15, -0.1) is 0 Å². The molecule has 1 heterocycles. The maximum absolute atomic E-state index is 10.8. The molecule has 0 radical (unpaired) electrons. The van der Waals surface area contributed by atoms with Gasteiger partial charge in [0.15, 0.2) is 0 Å². The second-order valence-corrected chi connectivity index (χ2v) is 4.09. The molecule has 1 rings (SSSR count). The predicted octanol–water partition coefficient (Wildman–Crippen LogP) is 1.34. The van der Waals surface area contributed by atoms with E-state index in [4.69, 9.17) is 5.11 Å². The van der Waals surface area contributed by atoms with Gasteiger partial charge in [0.1, 0.15) is 5.54 Å². The van der Waals surface area contributed by atoms with Gasteiger partial charge in [-0.05, 0) is 32.4 Å². The SMILES string of the molecule is Cc1ccc(CNC(C)(C)C(=O)O)cn1. The first-order chi connectivity index (χ1) is 6.92. The zero-order valence-electron chi connectivity index (χ0n) is 9.24. The third-order valence-corrected chi connectivity index (χ3v) is 2.24. The van der Waals surface area contributed by atoms with E-state index in [0.717, 1.165) is 11.3 Å². The zero-order chi connectivity index (χ0) is 11.5. The molecule has 0 aliphatic heterocycles. The van der Waals surface area contributed by atoms with Gasteiger partial charge >= 0.3 is 5.97 Å². The number of aryl methyl sites for hydroxylation is 1. The highest BCUT2D eigenvalue weighted by Gasteiger charge is 2.25. The van der Waals surface area contributed by atoms with Crippen LogP contribution in [-0.4, -0.2) is 21.6 Å². The third kappa shape index (κ3) is 3.32. The molecule has 0 spiro atoms. The minimum atomic E-state index is -0.912. The van der Waals surface area contributed by atoms with E-state index in [0.29, 0.717) is 6.54 Å². The van der Waals surface area contributed by atoms with Crippen LogP contribution in [0.2, 0.25) is 0 Å². The summed E-state index contributed by atoms with van der Waals surface area (Å²) in [7, 11) is 0. The second-order valence-electron chi connectivity index (χ2n) is 4.09. The minimum absolute atomic E-state index is 0.507. The molecule has 0 unspecified atom stereocenters. The third-order valence-electron chi connectivity index (χ3n) is 2.24. The summed E-state index contributed by atoms with van der Waals surface area (Å²) >= 11 is 0. The second kappa shape index (κ2) is 4.40. The molecule has 4 nitrogen and oxygen atoms in total. The first-order valence-electron chi connectivity index (χ1n) is 4.82. The van der Waals surface area contributed by atoms with Crippen molar-refractivity contribution in [2.75, 3.05) is 0 Å². The number of carbonyl (C=O) groups is 1. The fourth-order valence-electron chi connectivity index (χ4n) is 1.00. The van der Waals surface area contributed by atoms with Crippen LogP contribution in [0.5, 0.6) is 0 Å². The van der Waals surface area contributed by atoms with Crippen molar-refractivity contribution in [2.45, 2.75) is 32.9 Å². The minimum Gasteiger partial charge on any atom is -0.480 e. The van der Waals surface area contributed by atoms with E-state index >= 15 is 0 Å². The summed E-state index contributed by atoms with van der Waals surface area (Å²) in [5, 5.41) is 11.8. The highest BCUT2D eigenvalue weighted by Crippen LogP contribution is 2.05. The van der Waals surface area contributed by atoms with Gasteiger partial charge in [-0.1, -0.05) is 6.07 Å². The normalized spacial score (nSPS) is 11.4. The summed E-state index contributed by atoms with van der Waals surface area (Å²) in [6.07, 6.45) is 1.75. The zero-order valence-corrected chi connectivity index (χ0v) is 9.24. The first-order valence-corrected chi connectivity index (χ1v) is 4.82.